The Bertz CT molecular complexity index is 830. The second-order valence-electron chi connectivity index (χ2n) is 6.17. The highest BCUT2D eigenvalue weighted by Gasteiger charge is 2.31. The Balaban J connectivity index is 1.77. The van der Waals surface area contributed by atoms with E-state index in [1.165, 1.54) is 6.08 Å². The standard InChI is InChI=1S/C21H22N2O3/c1-3-13-23-18-14-17(10-11-19(18)26-15(2)21(23)25)22-20(24)12-9-16-7-5-4-6-8-16/h4-12,14-15H,3,13H2,1-2H3,(H,22,24)/b12-9+. The highest BCUT2D eigenvalue weighted by atomic mass is 16.5. The van der Waals surface area contributed by atoms with Crippen molar-refractivity contribution in [2.75, 3.05) is 16.8 Å². The fourth-order valence-corrected chi connectivity index (χ4v) is 2.86. The summed E-state index contributed by atoms with van der Waals surface area (Å²) < 4.78 is 5.67. The molecule has 1 heterocycles. The fourth-order valence-electron chi connectivity index (χ4n) is 2.86. The third-order valence-electron chi connectivity index (χ3n) is 4.11. The van der Waals surface area contributed by atoms with Crippen molar-refractivity contribution < 1.29 is 14.3 Å². The minimum Gasteiger partial charge on any atom is -0.479 e. The number of hydrogen-bond acceptors (Lipinski definition) is 3. The molecule has 0 radical (unpaired) electrons. The first-order chi connectivity index (χ1) is 12.6. The number of carbonyl (C=O) groups is 2. The van der Waals surface area contributed by atoms with Crippen molar-refractivity contribution in [2.24, 2.45) is 0 Å². The number of ether oxygens (including phenoxy) is 1. The van der Waals surface area contributed by atoms with Gasteiger partial charge in [0.15, 0.2) is 6.10 Å². The Morgan fingerprint density at radius 1 is 1.23 bits per heavy atom. The maximum absolute atomic E-state index is 12.4. The summed E-state index contributed by atoms with van der Waals surface area (Å²) in [4.78, 5) is 26.3. The number of nitrogens with zero attached hydrogens (tertiary/aromatic N) is 1. The van der Waals surface area contributed by atoms with Crippen LogP contribution in [0.1, 0.15) is 25.8 Å². The molecule has 0 fully saturated rings. The van der Waals surface area contributed by atoms with Gasteiger partial charge >= 0.3 is 0 Å². The lowest BCUT2D eigenvalue weighted by atomic mass is 10.1. The summed E-state index contributed by atoms with van der Waals surface area (Å²) in [5, 5.41) is 2.83. The minimum atomic E-state index is -0.497. The second-order valence-corrected chi connectivity index (χ2v) is 6.17. The van der Waals surface area contributed by atoms with E-state index in [9.17, 15) is 9.59 Å². The number of rotatable bonds is 5. The molecule has 2 amide bonds. The molecule has 0 saturated carbocycles. The molecule has 134 valence electrons. The van der Waals surface area contributed by atoms with Gasteiger partial charge in [-0.05, 0) is 43.2 Å². The van der Waals surface area contributed by atoms with E-state index in [-0.39, 0.29) is 11.8 Å². The van der Waals surface area contributed by atoms with Crippen molar-refractivity contribution >= 4 is 29.3 Å². The molecule has 1 atom stereocenters. The molecule has 26 heavy (non-hydrogen) atoms. The van der Waals surface area contributed by atoms with E-state index in [0.29, 0.717) is 23.7 Å². The van der Waals surface area contributed by atoms with Crippen molar-refractivity contribution in [2.45, 2.75) is 26.4 Å². The molecular formula is C21H22N2O3. The van der Waals surface area contributed by atoms with Crippen LogP contribution in [0.5, 0.6) is 5.75 Å². The average molecular weight is 350 g/mol. The first kappa shape index (κ1) is 17.7. The average Bonchev–Trinajstić information content (AvgIpc) is 2.65. The first-order valence-electron chi connectivity index (χ1n) is 8.74. The first-order valence-corrected chi connectivity index (χ1v) is 8.74. The van der Waals surface area contributed by atoms with Crippen LogP contribution in [-0.2, 0) is 9.59 Å². The molecule has 0 aliphatic carbocycles. The van der Waals surface area contributed by atoms with Gasteiger partial charge in [-0.15, -0.1) is 0 Å². The summed E-state index contributed by atoms with van der Waals surface area (Å²) >= 11 is 0. The molecule has 0 aromatic heterocycles. The highest BCUT2D eigenvalue weighted by molar-refractivity contribution is 6.04. The van der Waals surface area contributed by atoms with Gasteiger partial charge in [-0.25, -0.2) is 0 Å². The maximum atomic E-state index is 12.4. The van der Waals surface area contributed by atoms with Crippen LogP contribution >= 0.6 is 0 Å². The van der Waals surface area contributed by atoms with Crippen LogP contribution < -0.4 is 15.0 Å². The Kier molecular flexibility index (Phi) is 5.37. The van der Waals surface area contributed by atoms with Crippen LogP contribution in [-0.4, -0.2) is 24.5 Å². The molecular weight excluding hydrogens is 328 g/mol. The van der Waals surface area contributed by atoms with Crippen molar-refractivity contribution in [3.05, 3.63) is 60.2 Å². The van der Waals surface area contributed by atoms with Crippen LogP contribution in [0.2, 0.25) is 0 Å². The monoisotopic (exact) mass is 350 g/mol. The number of carbonyl (C=O) groups excluding carboxylic acids is 2. The lowest BCUT2D eigenvalue weighted by Gasteiger charge is -2.33. The Morgan fingerprint density at radius 2 is 2.00 bits per heavy atom. The third-order valence-corrected chi connectivity index (χ3v) is 4.11. The number of anilines is 2. The van der Waals surface area contributed by atoms with Gasteiger partial charge in [-0.1, -0.05) is 37.3 Å². The van der Waals surface area contributed by atoms with Crippen LogP contribution in [0.15, 0.2) is 54.6 Å². The third kappa shape index (κ3) is 3.94. The zero-order chi connectivity index (χ0) is 18.5. The smallest absolute Gasteiger partial charge is 0.267 e. The molecule has 0 spiro atoms. The van der Waals surface area contributed by atoms with Crippen LogP contribution in [0.4, 0.5) is 11.4 Å². The zero-order valence-corrected chi connectivity index (χ0v) is 14.9. The Morgan fingerprint density at radius 3 is 2.73 bits per heavy atom. The lowest BCUT2D eigenvalue weighted by Crippen LogP contribution is -2.44. The number of nitrogens with one attached hydrogen (secondary N) is 1. The second kappa shape index (κ2) is 7.87. The van der Waals surface area contributed by atoms with Crippen LogP contribution in [0, 0.1) is 0 Å². The molecule has 0 bridgehead atoms. The molecule has 1 aliphatic heterocycles. The molecule has 5 nitrogen and oxygen atoms in total. The van der Waals surface area contributed by atoms with Crippen LogP contribution in [0.25, 0.3) is 6.08 Å². The van der Waals surface area contributed by atoms with E-state index >= 15 is 0 Å². The summed E-state index contributed by atoms with van der Waals surface area (Å²) in [6, 6.07) is 15.0. The maximum Gasteiger partial charge on any atom is 0.267 e. The van der Waals surface area contributed by atoms with Gasteiger partial charge in [-0.3, -0.25) is 9.59 Å². The Labute approximate surface area is 153 Å². The van der Waals surface area contributed by atoms with Gasteiger partial charge in [0.25, 0.3) is 5.91 Å². The highest BCUT2D eigenvalue weighted by Crippen LogP contribution is 2.36. The van der Waals surface area contributed by atoms with E-state index in [2.05, 4.69) is 5.32 Å². The van der Waals surface area contributed by atoms with Crippen molar-refractivity contribution in [1.29, 1.82) is 0 Å². The largest absolute Gasteiger partial charge is 0.479 e. The molecule has 1 unspecified atom stereocenters. The van der Waals surface area contributed by atoms with E-state index in [1.54, 1.807) is 36.1 Å². The number of fused-ring (bicyclic) bond motifs is 1. The van der Waals surface area contributed by atoms with Crippen molar-refractivity contribution in [1.82, 2.24) is 0 Å². The molecule has 3 rings (SSSR count). The van der Waals surface area contributed by atoms with Gasteiger partial charge in [-0.2, -0.15) is 0 Å². The number of hydrogen-bond donors (Lipinski definition) is 1. The summed E-state index contributed by atoms with van der Waals surface area (Å²) in [5.41, 5.74) is 2.27. The Hall–Kier alpha value is -3.08. The van der Waals surface area contributed by atoms with Gasteiger partial charge < -0.3 is 15.0 Å². The SMILES string of the molecule is CCCN1C(=O)C(C)Oc2ccc(NC(=O)/C=C/c3ccccc3)cc21. The summed E-state index contributed by atoms with van der Waals surface area (Å²) in [5.74, 6) is 0.363. The molecule has 1 N–H and O–H groups in total. The van der Waals surface area contributed by atoms with Crippen molar-refractivity contribution in [3.63, 3.8) is 0 Å². The molecule has 2 aromatic rings. The minimum absolute atomic E-state index is 0.0631. The number of benzene rings is 2. The van der Waals surface area contributed by atoms with Gasteiger partial charge in [0.2, 0.25) is 5.91 Å². The van der Waals surface area contributed by atoms with E-state index in [0.717, 1.165) is 12.0 Å². The topological polar surface area (TPSA) is 58.6 Å². The van der Waals surface area contributed by atoms with Gasteiger partial charge in [0.05, 0.1) is 5.69 Å². The predicted molar refractivity (Wildman–Crippen MR) is 103 cm³/mol. The molecule has 5 heteroatoms. The predicted octanol–water partition coefficient (Wildman–Crippen LogP) is 3.86. The molecule has 0 saturated heterocycles. The summed E-state index contributed by atoms with van der Waals surface area (Å²) in [6.45, 7) is 4.38. The zero-order valence-electron chi connectivity index (χ0n) is 14.9. The van der Waals surface area contributed by atoms with Gasteiger partial charge in [0.1, 0.15) is 5.75 Å². The summed E-state index contributed by atoms with van der Waals surface area (Å²) in [7, 11) is 0. The van der Waals surface area contributed by atoms with Crippen molar-refractivity contribution in [3.8, 4) is 5.75 Å². The number of amides is 2. The molecule has 2 aromatic carbocycles. The lowest BCUT2D eigenvalue weighted by molar-refractivity contribution is -0.125. The molecule has 1 aliphatic rings. The van der Waals surface area contributed by atoms with Crippen LogP contribution in [0.3, 0.4) is 0 Å². The quantitative estimate of drug-likeness (QED) is 0.833. The van der Waals surface area contributed by atoms with E-state index in [4.69, 9.17) is 4.74 Å². The van der Waals surface area contributed by atoms with E-state index in [1.807, 2.05) is 37.3 Å². The van der Waals surface area contributed by atoms with E-state index < -0.39 is 6.10 Å². The summed E-state index contributed by atoms with van der Waals surface area (Å²) in [6.07, 6.45) is 3.59. The normalized spacial score (nSPS) is 16.3. The van der Waals surface area contributed by atoms with Gasteiger partial charge in [0, 0.05) is 18.3 Å². The fraction of sp³-hybridized carbons (Fsp3) is 0.238.